The van der Waals surface area contributed by atoms with Crippen molar-refractivity contribution in [2.75, 3.05) is 19.7 Å². The van der Waals surface area contributed by atoms with Gasteiger partial charge in [0.1, 0.15) is 6.23 Å². The molecule has 1 unspecified atom stereocenters. The molecule has 0 spiro atoms. The minimum Gasteiger partial charge on any atom is -0.363 e. The van der Waals surface area contributed by atoms with E-state index >= 15 is 0 Å². The van der Waals surface area contributed by atoms with Crippen molar-refractivity contribution in [3.63, 3.8) is 0 Å². The summed E-state index contributed by atoms with van der Waals surface area (Å²) in [6, 6.07) is 9.47. The van der Waals surface area contributed by atoms with Crippen LogP contribution >= 0.6 is 12.4 Å². The molecule has 25 heavy (non-hydrogen) atoms. The van der Waals surface area contributed by atoms with Crippen LogP contribution < -0.4 is 0 Å². The zero-order valence-corrected chi connectivity index (χ0v) is 16.7. The molecule has 0 radical (unpaired) electrons. The van der Waals surface area contributed by atoms with Gasteiger partial charge in [0.2, 0.25) is 0 Å². The Morgan fingerprint density at radius 3 is 2.32 bits per heavy atom. The van der Waals surface area contributed by atoms with Gasteiger partial charge in [-0.2, -0.15) is 0 Å². The van der Waals surface area contributed by atoms with Gasteiger partial charge in [-0.25, -0.2) is 0 Å². The van der Waals surface area contributed by atoms with E-state index in [9.17, 15) is 0 Å². The molecule has 3 heteroatoms. The summed E-state index contributed by atoms with van der Waals surface area (Å²) >= 11 is 0. The number of benzene rings is 1. The van der Waals surface area contributed by atoms with E-state index in [4.69, 9.17) is 4.74 Å². The second-order valence-corrected chi connectivity index (χ2v) is 7.70. The van der Waals surface area contributed by atoms with Crippen LogP contribution in [0.4, 0.5) is 0 Å². The summed E-state index contributed by atoms with van der Waals surface area (Å²) in [5, 5.41) is 0. The third-order valence-corrected chi connectivity index (χ3v) is 5.82. The smallest absolute Gasteiger partial charge is 0.114 e. The van der Waals surface area contributed by atoms with Crippen LogP contribution in [0.25, 0.3) is 0 Å². The summed E-state index contributed by atoms with van der Waals surface area (Å²) < 4.78 is 6.28. The van der Waals surface area contributed by atoms with Gasteiger partial charge in [-0.15, -0.1) is 12.4 Å². The van der Waals surface area contributed by atoms with E-state index in [1.165, 1.54) is 76.4 Å². The van der Waals surface area contributed by atoms with E-state index in [-0.39, 0.29) is 18.6 Å². The Balaban J connectivity index is 0.00000225. The standard InChI is InChI=1S/C22H35NO.ClH/c1-2-3-17-24-22(23-15-7-4-8-16-23)18-19-11-13-21(14-12-19)20-9-5-6-10-20;/h11-14,20,22H,2-10,15-18H2,1H3;1H. The molecular weight excluding hydrogens is 330 g/mol. The Kier molecular flexibility index (Phi) is 9.30. The van der Waals surface area contributed by atoms with Crippen molar-refractivity contribution in [3.8, 4) is 0 Å². The lowest BCUT2D eigenvalue weighted by Crippen LogP contribution is -2.42. The molecule has 3 rings (SSSR count). The SMILES string of the molecule is CCCCOC(Cc1ccc(C2CCCC2)cc1)N1CCCCC1.Cl. The predicted octanol–water partition coefficient (Wildman–Crippen LogP) is 5.94. The molecule has 1 aromatic rings. The molecule has 0 aromatic heterocycles. The Labute approximate surface area is 160 Å². The van der Waals surface area contributed by atoms with Gasteiger partial charge in [0.15, 0.2) is 0 Å². The molecule has 1 atom stereocenters. The number of likely N-dealkylation sites (tertiary alicyclic amines) is 1. The van der Waals surface area contributed by atoms with E-state index in [0.717, 1.165) is 18.9 Å². The molecule has 1 saturated heterocycles. The number of halogens is 1. The summed E-state index contributed by atoms with van der Waals surface area (Å²) in [7, 11) is 0. The van der Waals surface area contributed by atoms with Crippen LogP contribution in [-0.2, 0) is 11.2 Å². The molecule has 2 nitrogen and oxygen atoms in total. The summed E-state index contributed by atoms with van der Waals surface area (Å²) in [4.78, 5) is 2.57. The number of piperidine rings is 1. The zero-order chi connectivity index (χ0) is 16.6. The lowest BCUT2D eigenvalue weighted by molar-refractivity contribution is -0.0669. The molecule has 0 N–H and O–H groups in total. The quantitative estimate of drug-likeness (QED) is 0.529. The van der Waals surface area contributed by atoms with Crippen LogP contribution in [0.2, 0.25) is 0 Å². The highest BCUT2D eigenvalue weighted by Gasteiger charge is 2.22. The Bertz CT molecular complexity index is 463. The van der Waals surface area contributed by atoms with Gasteiger partial charge < -0.3 is 4.74 Å². The highest BCUT2D eigenvalue weighted by atomic mass is 35.5. The Hall–Kier alpha value is -0.570. The number of hydrogen-bond acceptors (Lipinski definition) is 2. The molecule has 0 bridgehead atoms. The van der Waals surface area contributed by atoms with Crippen molar-refractivity contribution in [1.82, 2.24) is 4.90 Å². The van der Waals surface area contributed by atoms with Crippen LogP contribution in [0.15, 0.2) is 24.3 Å². The van der Waals surface area contributed by atoms with Gasteiger partial charge in [0, 0.05) is 26.1 Å². The summed E-state index contributed by atoms with van der Waals surface area (Å²) in [6.45, 7) is 5.55. The second-order valence-electron chi connectivity index (χ2n) is 7.70. The first-order chi connectivity index (χ1) is 11.9. The first-order valence-electron chi connectivity index (χ1n) is 10.3. The van der Waals surface area contributed by atoms with Crippen LogP contribution in [-0.4, -0.2) is 30.8 Å². The first-order valence-corrected chi connectivity index (χ1v) is 10.3. The molecule has 1 aliphatic carbocycles. The van der Waals surface area contributed by atoms with Gasteiger partial charge in [0.25, 0.3) is 0 Å². The largest absolute Gasteiger partial charge is 0.363 e. The van der Waals surface area contributed by atoms with E-state index < -0.39 is 0 Å². The van der Waals surface area contributed by atoms with Crippen molar-refractivity contribution in [2.45, 2.75) is 83.3 Å². The summed E-state index contributed by atoms with van der Waals surface area (Å²) in [5.74, 6) is 0.817. The van der Waals surface area contributed by atoms with Gasteiger partial charge in [-0.3, -0.25) is 4.90 Å². The van der Waals surface area contributed by atoms with Gasteiger partial charge in [0.05, 0.1) is 0 Å². The number of hydrogen-bond donors (Lipinski definition) is 0. The fraction of sp³-hybridized carbons (Fsp3) is 0.727. The zero-order valence-electron chi connectivity index (χ0n) is 15.9. The lowest BCUT2D eigenvalue weighted by Gasteiger charge is -2.34. The van der Waals surface area contributed by atoms with E-state index in [0.29, 0.717) is 0 Å². The Morgan fingerprint density at radius 2 is 1.68 bits per heavy atom. The van der Waals surface area contributed by atoms with Crippen LogP contribution in [0, 0.1) is 0 Å². The molecule has 2 aliphatic rings. The van der Waals surface area contributed by atoms with Gasteiger partial charge >= 0.3 is 0 Å². The van der Waals surface area contributed by atoms with Crippen molar-refractivity contribution < 1.29 is 4.74 Å². The summed E-state index contributed by atoms with van der Waals surface area (Å²) in [6.07, 6.45) is 13.3. The molecule has 1 heterocycles. The fourth-order valence-corrected chi connectivity index (χ4v) is 4.25. The third kappa shape index (κ3) is 6.27. The van der Waals surface area contributed by atoms with Crippen LogP contribution in [0.3, 0.4) is 0 Å². The average Bonchev–Trinajstić information content (AvgIpc) is 3.17. The molecule has 1 aliphatic heterocycles. The molecule has 1 saturated carbocycles. The lowest BCUT2D eigenvalue weighted by atomic mass is 9.96. The maximum Gasteiger partial charge on any atom is 0.114 e. The maximum absolute atomic E-state index is 6.28. The summed E-state index contributed by atoms with van der Waals surface area (Å²) in [5.41, 5.74) is 2.99. The number of unbranched alkanes of at least 4 members (excludes halogenated alkanes) is 1. The van der Waals surface area contributed by atoms with Crippen molar-refractivity contribution in [1.29, 1.82) is 0 Å². The average molecular weight is 366 g/mol. The minimum atomic E-state index is 0. The van der Waals surface area contributed by atoms with Crippen LogP contribution in [0.1, 0.15) is 81.8 Å². The molecule has 1 aromatic carbocycles. The topological polar surface area (TPSA) is 12.5 Å². The van der Waals surface area contributed by atoms with Gasteiger partial charge in [-0.05, 0) is 49.1 Å². The predicted molar refractivity (Wildman–Crippen MR) is 109 cm³/mol. The third-order valence-electron chi connectivity index (χ3n) is 5.82. The number of ether oxygens (including phenoxy) is 1. The first kappa shape index (κ1) is 20.7. The number of rotatable bonds is 8. The van der Waals surface area contributed by atoms with Crippen LogP contribution in [0.5, 0.6) is 0 Å². The maximum atomic E-state index is 6.28. The highest BCUT2D eigenvalue weighted by molar-refractivity contribution is 5.85. The second kappa shape index (κ2) is 11.2. The molecule has 2 fully saturated rings. The van der Waals surface area contributed by atoms with Crippen molar-refractivity contribution in [3.05, 3.63) is 35.4 Å². The molecule has 142 valence electrons. The van der Waals surface area contributed by atoms with Crippen molar-refractivity contribution in [2.24, 2.45) is 0 Å². The number of nitrogens with zero attached hydrogens (tertiary/aromatic N) is 1. The van der Waals surface area contributed by atoms with E-state index in [2.05, 4.69) is 36.1 Å². The molecular formula is C22H36ClNO. The van der Waals surface area contributed by atoms with Crippen molar-refractivity contribution >= 4 is 12.4 Å². The monoisotopic (exact) mass is 365 g/mol. The van der Waals surface area contributed by atoms with E-state index in [1.54, 1.807) is 5.56 Å². The fourth-order valence-electron chi connectivity index (χ4n) is 4.25. The Morgan fingerprint density at radius 1 is 1.00 bits per heavy atom. The molecule has 0 amide bonds. The van der Waals surface area contributed by atoms with Gasteiger partial charge in [-0.1, -0.05) is 56.9 Å². The van der Waals surface area contributed by atoms with E-state index in [1.807, 2.05) is 0 Å². The normalized spacial score (nSPS) is 20.4. The minimum absolute atomic E-state index is 0. The highest BCUT2D eigenvalue weighted by Crippen LogP contribution is 2.34.